The first-order chi connectivity index (χ1) is 15.0. The molecule has 8 nitrogen and oxygen atoms in total. The van der Waals surface area contributed by atoms with E-state index >= 15 is 0 Å². The molecule has 162 valence electrons. The van der Waals surface area contributed by atoms with Gasteiger partial charge in [0.2, 0.25) is 5.78 Å². The molecule has 1 saturated heterocycles. The lowest BCUT2D eigenvalue weighted by Crippen LogP contribution is -3.13. The van der Waals surface area contributed by atoms with E-state index in [2.05, 4.69) is 0 Å². The molecule has 1 aromatic carbocycles. The lowest BCUT2D eigenvalue weighted by molar-refractivity contribution is -0.905. The summed E-state index contributed by atoms with van der Waals surface area (Å²) in [6.07, 6.45) is 3.72. The molecule has 1 aliphatic rings. The van der Waals surface area contributed by atoms with Crippen molar-refractivity contribution < 1.29 is 4.90 Å². The number of nitrogens with one attached hydrogen (secondary N) is 1. The zero-order valence-electron chi connectivity index (χ0n) is 18.4. The van der Waals surface area contributed by atoms with Gasteiger partial charge in [0.15, 0.2) is 11.2 Å². The topological polar surface area (TPSA) is 70.7 Å². The van der Waals surface area contributed by atoms with Gasteiger partial charge in [-0.15, -0.1) is 0 Å². The fraction of sp³-hybridized carbons (Fsp3) is 0.435. The van der Waals surface area contributed by atoms with E-state index in [-0.39, 0.29) is 11.2 Å². The third kappa shape index (κ3) is 3.05. The molecule has 0 atom stereocenters. The van der Waals surface area contributed by atoms with Gasteiger partial charge in [0, 0.05) is 24.1 Å². The average Bonchev–Trinajstić information content (AvgIpc) is 3.29. The van der Waals surface area contributed by atoms with Crippen LogP contribution >= 0.6 is 0 Å². The lowest BCUT2D eigenvalue weighted by atomic mass is 10.1. The second-order valence-corrected chi connectivity index (χ2v) is 8.62. The minimum atomic E-state index is -0.296. The number of fused-ring (bicyclic) bond motifs is 3. The van der Waals surface area contributed by atoms with Crippen molar-refractivity contribution in [3.8, 4) is 5.69 Å². The first-order valence-corrected chi connectivity index (χ1v) is 11.1. The number of piperidine rings is 1. The van der Waals surface area contributed by atoms with E-state index in [1.54, 1.807) is 7.05 Å². The van der Waals surface area contributed by atoms with Crippen molar-refractivity contribution in [1.29, 1.82) is 0 Å². The van der Waals surface area contributed by atoms with Crippen molar-refractivity contribution in [2.45, 2.75) is 39.7 Å². The summed E-state index contributed by atoms with van der Waals surface area (Å²) in [4.78, 5) is 32.8. The Hall–Kier alpha value is -3.13. The van der Waals surface area contributed by atoms with Gasteiger partial charge in [-0.3, -0.25) is 22.9 Å². The molecule has 0 bridgehead atoms. The standard InChI is InChI=1S/C23H28N6O2/c1-16-17(2)29-19-20(24-22(29)28(16)18-10-6-4-7-11-18)25(3)23(31)27(21(19)30)15-14-26-12-8-5-9-13-26/h4,6-7,10-11H,5,8-9,12-15H2,1-3H3/p+1. The Labute approximate surface area is 180 Å². The van der Waals surface area contributed by atoms with Crippen LogP contribution in [0, 0.1) is 13.8 Å². The van der Waals surface area contributed by atoms with Crippen LogP contribution in [0.2, 0.25) is 0 Å². The smallest absolute Gasteiger partial charge is 0.332 e. The van der Waals surface area contributed by atoms with Crippen LogP contribution in [0.1, 0.15) is 30.7 Å². The normalized spacial score (nSPS) is 15.3. The van der Waals surface area contributed by atoms with Crippen molar-refractivity contribution in [3.05, 3.63) is 62.6 Å². The van der Waals surface area contributed by atoms with E-state index in [0.717, 1.165) is 36.7 Å². The van der Waals surface area contributed by atoms with Crippen LogP contribution in [0.15, 0.2) is 39.9 Å². The summed E-state index contributed by atoms with van der Waals surface area (Å²) in [6.45, 7) is 7.49. The van der Waals surface area contributed by atoms with E-state index in [9.17, 15) is 9.59 Å². The van der Waals surface area contributed by atoms with Crippen LogP contribution < -0.4 is 16.1 Å². The maximum atomic E-state index is 13.5. The van der Waals surface area contributed by atoms with E-state index in [1.165, 1.54) is 33.3 Å². The summed E-state index contributed by atoms with van der Waals surface area (Å²) in [6, 6.07) is 9.97. The van der Waals surface area contributed by atoms with Crippen LogP contribution in [-0.2, 0) is 13.6 Å². The first kappa shape index (κ1) is 19.8. The number of hydrogen-bond acceptors (Lipinski definition) is 3. The highest BCUT2D eigenvalue weighted by Crippen LogP contribution is 2.24. The summed E-state index contributed by atoms with van der Waals surface area (Å²) in [7, 11) is 1.70. The Kier molecular flexibility index (Phi) is 4.81. The van der Waals surface area contributed by atoms with Gasteiger partial charge < -0.3 is 4.90 Å². The number of quaternary nitrogens is 1. The van der Waals surface area contributed by atoms with Crippen molar-refractivity contribution >= 4 is 16.9 Å². The number of nitrogens with zero attached hydrogens (tertiary/aromatic N) is 5. The number of para-hydroxylation sites is 1. The van der Waals surface area contributed by atoms with Crippen LogP contribution in [0.3, 0.4) is 0 Å². The van der Waals surface area contributed by atoms with Crippen molar-refractivity contribution in [2.75, 3.05) is 19.6 Å². The third-order valence-electron chi connectivity index (χ3n) is 6.78. The van der Waals surface area contributed by atoms with Gasteiger partial charge in [-0.05, 0) is 45.2 Å². The summed E-state index contributed by atoms with van der Waals surface area (Å²) in [5.41, 5.74) is 3.30. The zero-order chi connectivity index (χ0) is 21.7. The summed E-state index contributed by atoms with van der Waals surface area (Å²) >= 11 is 0. The summed E-state index contributed by atoms with van der Waals surface area (Å²) in [5.74, 6) is 0.655. The predicted molar refractivity (Wildman–Crippen MR) is 120 cm³/mol. The summed E-state index contributed by atoms with van der Waals surface area (Å²) < 4.78 is 6.86. The molecular formula is C23H29N6O2+. The fourth-order valence-electron chi connectivity index (χ4n) is 4.91. The van der Waals surface area contributed by atoms with Gasteiger partial charge in [-0.2, -0.15) is 4.98 Å². The third-order valence-corrected chi connectivity index (χ3v) is 6.78. The van der Waals surface area contributed by atoms with Crippen molar-refractivity contribution in [3.63, 3.8) is 0 Å². The number of benzene rings is 1. The highest BCUT2D eigenvalue weighted by atomic mass is 16.2. The van der Waals surface area contributed by atoms with Crippen LogP contribution in [-0.4, -0.2) is 42.7 Å². The van der Waals surface area contributed by atoms with Gasteiger partial charge in [-0.1, -0.05) is 18.2 Å². The number of rotatable bonds is 4. The van der Waals surface area contributed by atoms with Crippen molar-refractivity contribution in [1.82, 2.24) is 23.1 Å². The second-order valence-electron chi connectivity index (χ2n) is 8.62. The number of aryl methyl sites for hydroxylation is 2. The molecule has 31 heavy (non-hydrogen) atoms. The summed E-state index contributed by atoms with van der Waals surface area (Å²) in [5, 5.41) is 0. The number of hydrogen-bond donors (Lipinski definition) is 1. The molecule has 4 aromatic rings. The van der Waals surface area contributed by atoms with Crippen LogP contribution in [0.5, 0.6) is 0 Å². The largest absolute Gasteiger partial charge is 0.333 e. The van der Waals surface area contributed by atoms with Gasteiger partial charge in [0.1, 0.15) is 0 Å². The molecule has 4 heterocycles. The SMILES string of the molecule is Cc1c(C)n2c3c(=O)n(CC[NH+]4CCCCC4)c(=O)n(C)c3nc2n1-c1ccccc1. The van der Waals surface area contributed by atoms with E-state index in [1.807, 2.05) is 53.1 Å². The highest BCUT2D eigenvalue weighted by molar-refractivity contribution is 5.77. The molecule has 0 radical (unpaired) electrons. The molecule has 3 aromatic heterocycles. The Bertz CT molecular complexity index is 1380. The Balaban J connectivity index is 1.71. The van der Waals surface area contributed by atoms with E-state index in [4.69, 9.17) is 4.98 Å². The quantitative estimate of drug-likeness (QED) is 0.531. The van der Waals surface area contributed by atoms with Gasteiger partial charge in [0.05, 0.1) is 26.2 Å². The molecule has 1 aliphatic heterocycles. The lowest BCUT2D eigenvalue weighted by Gasteiger charge is -2.23. The molecule has 0 spiro atoms. The predicted octanol–water partition coefficient (Wildman–Crippen LogP) is 0.824. The second kappa shape index (κ2) is 7.53. The Morgan fingerprint density at radius 3 is 2.42 bits per heavy atom. The molecule has 1 N–H and O–H groups in total. The van der Waals surface area contributed by atoms with Gasteiger partial charge in [-0.25, -0.2) is 4.79 Å². The fourth-order valence-corrected chi connectivity index (χ4v) is 4.91. The zero-order valence-corrected chi connectivity index (χ0v) is 18.4. The first-order valence-electron chi connectivity index (χ1n) is 11.1. The number of imidazole rings is 2. The van der Waals surface area contributed by atoms with Crippen molar-refractivity contribution in [2.24, 2.45) is 7.05 Å². The van der Waals surface area contributed by atoms with Crippen LogP contribution in [0.25, 0.3) is 22.6 Å². The number of aromatic nitrogens is 5. The molecule has 1 fully saturated rings. The molecule has 5 rings (SSSR count). The maximum absolute atomic E-state index is 13.5. The average molecular weight is 422 g/mol. The minimum Gasteiger partial charge on any atom is -0.333 e. The number of likely N-dealkylation sites (tertiary alicyclic amines) is 1. The molecular weight excluding hydrogens is 392 g/mol. The molecule has 0 amide bonds. The minimum absolute atomic E-state index is 0.254. The van der Waals surface area contributed by atoms with E-state index < -0.39 is 0 Å². The molecule has 0 saturated carbocycles. The van der Waals surface area contributed by atoms with Gasteiger partial charge >= 0.3 is 5.69 Å². The molecule has 0 unspecified atom stereocenters. The van der Waals surface area contributed by atoms with E-state index in [0.29, 0.717) is 23.5 Å². The Morgan fingerprint density at radius 2 is 1.71 bits per heavy atom. The van der Waals surface area contributed by atoms with Gasteiger partial charge in [0.25, 0.3) is 5.56 Å². The Morgan fingerprint density at radius 1 is 1.00 bits per heavy atom. The highest BCUT2D eigenvalue weighted by Gasteiger charge is 2.24. The maximum Gasteiger partial charge on any atom is 0.332 e. The monoisotopic (exact) mass is 421 g/mol. The molecule has 0 aliphatic carbocycles. The van der Waals surface area contributed by atoms with Crippen LogP contribution in [0.4, 0.5) is 0 Å². The molecule has 8 heteroatoms.